The third-order valence-corrected chi connectivity index (χ3v) is 7.69. The predicted octanol–water partition coefficient (Wildman–Crippen LogP) is 0.945. The monoisotopic (exact) mass is 509 g/mol. The number of rotatable bonds is 11. The van der Waals surface area contributed by atoms with Crippen molar-refractivity contribution in [1.29, 1.82) is 0 Å². The number of hydrogen-bond acceptors (Lipinski definition) is 9. The van der Waals surface area contributed by atoms with Gasteiger partial charge in [-0.1, -0.05) is 0 Å². The fourth-order valence-electron chi connectivity index (χ4n) is 2.40. The van der Waals surface area contributed by atoms with Gasteiger partial charge in [0.15, 0.2) is 5.37 Å². The van der Waals surface area contributed by atoms with Crippen molar-refractivity contribution in [2.75, 3.05) is 23.7 Å². The molecular formula is C17H23N3O9S3. The number of methoxy groups -OCH3 is 1. The minimum Gasteiger partial charge on any atom is -0.497 e. The molecular weight excluding hydrogens is 486 g/mol. The van der Waals surface area contributed by atoms with Crippen LogP contribution in [-0.4, -0.2) is 58.8 Å². The largest absolute Gasteiger partial charge is 0.497 e. The van der Waals surface area contributed by atoms with Gasteiger partial charge in [-0.3, -0.25) is 19.1 Å². The van der Waals surface area contributed by atoms with Crippen LogP contribution < -0.4 is 20.1 Å². The molecule has 0 heterocycles. The van der Waals surface area contributed by atoms with E-state index >= 15 is 0 Å². The molecule has 0 bridgehead atoms. The Hall–Kier alpha value is -2.43. The first-order valence-electron chi connectivity index (χ1n) is 8.92. The van der Waals surface area contributed by atoms with E-state index < -0.39 is 47.6 Å². The smallest absolute Gasteiger partial charge is 0.287 e. The molecule has 0 spiro atoms. The molecule has 0 amide bonds. The maximum atomic E-state index is 12.5. The molecule has 0 fully saturated rings. The first kappa shape index (κ1) is 25.8. The number of ether oxygens (including phenoxy) is 1. The molecule has 2 aromatic rings. The SMILES string of the molecule is COc1ccc(NS(=O)(=O)c2ccc(N[C@@H](CN[C@H](C)S(=O)(=O)O)S(=O)(=O)O)cc2)cc1. The zero-order valence-electron chi connectivity index (χ0n) is 17.0. The second-order valence-corrected chi connectivity index (χ2v) is 11.6. The number of hydrogen-bond donors (Lipinski definition) is 5. The standard InChI is InChI=1S/C17H23N3O9S3/c1-12(31(23,24)25)18-11-17(32(26,27)28)19-13-5-9-16(10-6-13)30(21,22)20-14-3-7-15(29-2)8-4-14/h3-10,12,17-20H,11H2,1-2H3,(H,23,24,25)(H,26,27,28)/t12-,17+/m0/s1. The highest BCUT2D eigenvalue weighted by atomic mass is 32.2. The second-order valence-electron chi connectivity index (χ2n) is 6.57. The molecule has 0 aliphatic heterocycles. The third kappa shape index (κ3) is 7.32. The van der Waals surface area contributed by atoms with Gasteiger partial charge in [0.05, 0.1) is 12.0 Å². The Morgan fingerprint density at radius 2 is 1.38 bits per heavy atom. The van der Waals surface area contributed by atoms with Crippen molar-refractivity contribution >= 4 is 41.6 Å². The molecule has 32 heavy (non-hydrogen) atoms. The maximum absolute atomic E-state index is 12.5. The molecule has 178 valence electrons. The van der Waals surface area contributed by atoms with Crippen LogP contribution in [0.15, 0.2) is 53.4 Å². The van der Waals surface area contributed by atoms with Crippen LogP contribution in [0.2, 0.25) is 0 Å². The average molecular weight is 510 g/mol. The molecule has 0 aromatic heterocycles. The van der Waals surface area contributed by atoms with E-state index in [4.69, 9.17) is 9.29 Å². The van der Waals surface area contributed by atoms with E-state index in [1.807, 2.05) is 0 Å². The van der Waals surface area contributed by atoms with Crippen LogP contribution in [0.25, 0.3) is 0 Å². The lowest BCUT2D eigenvalue weighted by molar-refractivity contribution is 0.415. The lowest BCUT2D eigenvalue weighted by Crippen LogP contribution is -2.44. The lowest BCUT2D eigenvalue weighted by atomic mass is 10.3. The van der Waals surface area contributed by atoms with Crippen LogP contribution in [0.4, 0.5) is 11.4 Å². The van der Waals surface area contributed by atoms with Gasteiger partial charge >= 0.3 is 0 Å². The molecule has 0 saturated heterocycles. The third-order valence-electron chi connectivity index (χ3n) is 4.23. The van der Waals surface area contributed by atoms with E-state index in [-0.39, 0.29) is 10.6 Å². The molecule has 15 heteroatoms. The summed E-state index contributed by atoms with van der Waals surface area (Å²) in [6, 6.07) is 11.2. The van der Waals surface area contributed by atoms with Crippen molar-refractivity contribution in [3.8, 4) is 5.75 Å². The van der Waals surface area contributed by atoms with Crippen LogP contribution in [0.1, 0.15) is 6.92 Å². The molecule has 0 saturated carbocycles. The number of sulfonamides is 1. The van der Waals surface area contributed by atoms with E-state index in [2.05, 4.69) is 15.4 Å². The van der Waals surface area contributed by atoms with Gasteiger partial charge in [0, 0.05) is 17.9 Å². The highest BCUT2D eigenvalue weighted by Gasteiger charge is 2.26. The summed E-state index contributed by atoms with van der Waals surface area (Å²) in [5.74, 6) is 0.553. The minimum atomic E-state index is -4.68. The highest BCUT2D eigenvalue weighted by Crippen LogP contribution is 2.21. The topological polar surface area (TPSA) is 188 Å². The Morgan fingerprint density at radius 1 is 0.844 bits per heavy atom. The van der Waals surface area contributed by atoms with Gasteiger partial charge in [-0.05, 0) is 55.5 Å². The number of anilines is 2. The van der Waals surface area contributed by atoms with Crippen LogP contribution in [-0.2, 0) is 30.3 Å². The summed E-state index contributed by atoms with van der Waals surface area (Å²) in [4.78, 5) is -0.111. The molecule has 12 nitrogen and oxygen atoms in total. The van der Waals surface area contributed by atoms with E-state index in [1.54, 1.807) is 12.1 Å². The fraction of sp³-hybridized carbons (Fsp3) is 0.294. The van der Waals surface area contributed by atoms with Gasteiger partial charge in [0.1, 0.15) is 11.1 Å². The van der Waals surface area contributed by atoms with E-state index in [9.17, 15) is 29.8 Å². The zero-order valence-corrected chi connectivity index (χ0v) is 19.4. The Kier molecular flexibility index (Phi) is 8.08. The molecule has 5 N–H and O–H groups in total. The average Bonchev–Trinajstić information content (AvgIpc) is 2.70. The first-order chi connectivity index (χ1) is 14.7. The van der Waals surface area contributed by atoms with Gasteiger partial charge in [0.25, 0.3) is 30.3 Å². The summed E-state index contributed by atoms with van der Waals surface area (Å²) in [5, 5.41) is 1.57. The molecule has 0 unspecified atom stereocenters. The van der Waals surface area contributed by atoms with Crippen LogP contribution in [0.3, 0.4) is 0 Å². The Morgan fingerprint density at radius 3 is 1.84 bits per heavy atom. The number of benzene rings is 2. The summed E-state index contributed by atoms with van der Waals surface area (Å²) in [6.07, 6.45) is 0. The van der Waals surface area contributed by atoms with Crippen LogP contribution in [0, 0.1) is 0 Å². The summed E-state index contributed by atoms with van der Waals surface area (Å²) >= 11 is 0. The van der Waals surface area contributed by atoms with Crippen molar-refractivity contribution in [2.24, 2.45) is 0 Å². The molecule has 2 atom stereocenters. The Bertz CT molecular complexity index is 1230. The van der Waals surface area contributed by atoms with E-state index in [0.29, 0.717) is 11.4 Å². The normalized spacial score (nSPS) is 14.4. The second kappa shape index (κ2) is 10.0. The highest BCUT2D eigenvalue weighted by molar-refractivity contribution is 7.92. The minimum absolute atomic E-state index is 0.111. The predicted molar refractivity (Wildman–Crippen MR) is 118 cm³/mol. The van der Waals surface area contributed by atoms with Gasteiger partial charge in [0.2, 0.25) is 0 Å². The van der Waals surface area contributed by atoms with Gasteiger partial charge in [-0.25, -0.2) is 8.42 Å². The maximum Gasteiger partial charge on any atom is 0.287 e. The number of nitrogens with one attached hydrogen (secondary N) is 3. The fourth-order valence-corrected chi connectivity index (χ4v) is 4.36. The van der Waals surface area contributed by atoms with Gasteiger partial charge < -0.3 is 10.1 Å². The van der Waals surface area contributed by atoms with Crippen LogP contribution in [0.5, 0.6) is 5.75 Å². The summed E-state index contributed by atoms with van der Waals surface area (Å²) in [6.45, 7) is 0.519. The molecule has 2 rings (SSSR count). The van der Waals surface area contributed by atoms with Gasteiger partial charge in [-0.2, -0.15) is 16.8 Å². The Balaban J connectivity index is 2.13. The molecule has 0 radical (unpaired) electrons. The van der Waals surface area contributed by atoms with E-state index in [1.165, 1.54) is 43.5 Å². The zero-order chi connectivity index (χ0) is 24.2. The van der Waals surface area contributed by atoms with Gasteiger partial charge in [-0.15, -0.1) is 0 Å². The van der Waals surface area contributed by atoms with Crippen molar-refractivity contribution in [3.63, 3.8) is 0 Å². The molecule has 0 aliphatic carbocycles. The summed E-state index contributed by atoms with van der Waals surface area (Å²) in [5.41, 5.74) is 0.441. The Labute approximate surface area is 186 Å². The van der Waals surface area contributed by atoms with Crippen molar-refractivity contribution in [3.05, 3.63) is 48.5 Å². The summed E-state index contributed by atoms with van der Waals surface area (Å²) in [7, 11) is -11.6. The quantitative estimate of drug-likeness (QED) is 0.271. The van der Waals surface area contributed by atoms with Crippen molar-refractivity contribution in [2.45, 2.75) is 22.6 Å². The van der Waals surface area contributed by atoms with Crippen molar-refractivity contribution < 1.29 is 39.1 Å². The van der Waals surface area contributed by atoms with Crippen LogP contribution >= 0.6 is 0 Å². The first-order valence-corrected chi connectivity index (χ1v) is 13.4. The molecule has 0 aliphatic rings. The summed E-state index contributed by atoms with van der Waals surface area (Å²) < 4.78 is 96.1. The lowest BCUT2D eigenvalue weighted by Gasteiger charge is -2.19. The molecule has 2 aromatic carbocycles. The van der Waals surface area contributed by atoms with Crippen molar-refractivity contribution in [1.82, 2.24) is 5.32 Å². The van der Waals surface area contributed by atoms with E-state index in [0.717, 1.165) is 6.92 Å².